The van der Waals surface area contributed by atoms with E-state index in [4.69, 9.17) is 21.1 Å². The average Bonchev–Trinajstić information content (AvgIpc) is 2.22. The Hall–Kier alpha value is -1.22. The van der Waals surface area contributed by atoms with Crippen molar-refractivity contribution in [1.29, 1.82) is 0 Å². The highest BCUT2D eigenvalue weighted by atomic mass is 35.5. The van der Waals surface area contributed by atoms with Crippen molar-refractivity contribution in [3.63, 3.8) is 0 Å². The minimum atomic E-state index is -0.506. The lowest BCUT2D eigenvalue weighted by Gasteiger charge is -2.21. The fourth-order valence-electron chi connectivity index (χ4n) is 1.71. The van der Waals surface area contributed by atoms with Crippen LogP contribution in [0.2, 0.25) is 5.02 Å². The predicted molar refractivity (Wildman–Crippen MR) is 81.5 cm³/mol. The minimum absolute atomic E-state index is 0.0270. The Labute approximate surface area is 126 Å². The molecule has 0 saturated heterocycles. The Morgan fingerprint density at radius 3 is 2.20 bits per heavy atom. The number of benzene rings is 1. The molecule has 4 heteroatoms. The van der Waals surface area contributed by atoms with Crippen LogP contribution in [0.1, 0.15) is 47.1 Å². The second kappa shape index (κ2) is 6.04. The van der Waals surface area contributed by atoms with Gasteiger partial charge in [-0.05, 0) is 43.9 Å². The van der Waals surface area contributed by atoms with Gasteiger partial charge in [0.05, 0.1) is 0 Å². The molecule has 0 aliphatic carbocycles. The van der Waals surface area contributed by atoms with Crippen molar-refractivity contribution in [3.05, 3.63) is 28.8 Å². The van der Waals surface area contributed by atoms with E-state index in [1.807, 2.05) is 32.9 Å². The molecule has 3 nitrogen and oxygen atoms in total. The largest absolute Gasteiger partial charge is 0.482 e. The third-order valence-electron chi connectivity index (χ3n) is 2.53. The molecule has 1 aromatic carbocycles. The summed E-state index contributed by atoms with van der Waals surface area (Å²) in [5.74, 6) is 0.169. The van der Waals surface area contributed by atoms with Crippen LogP contribution in [-0.4, -0.2) is 18.2 Å². The van der Waals surface area contributed by atoms with E-state index in [0.717, 1.165) is 5.56 Å². The van der Waals surface area contributed by atoms with Gasteiger partial charge in [0.25, 0.3) is 0 Å². The molecule has 0 spiro atoms. The van der Waals surface area contributed by atoms with E-state index in [0.29, 0.717) is 10.8 Å². The van der Waals surface area contributed by atoms with Crippen LogP contribution in [0.25, 0.3) is 0 Å². The van der Waals surface area contributed by atoms with Gasteiger partial charge in [-0.1, -0.05) is 38.4 Å². The van der Waals surface area contributed by atoms with E-state index in [1.54, 1.807) is 6.07 Å². The molecule has 1 aromatic rings. The van der Waals surface area contributed by atoms with E-state index in [-0.39, 0.29) is 12.0 Å². The molecule has 0 atom stereocenters. The van der Waals surface area contributed by atoms with Crippen LogP contribution in [0, 0.1) is 0 Å². The van der Waals surface area contributed by atoms with Gasteiger partial charge in [-0.3, -0.25) is 0 Å². The lowest BCUT2D eigenvalue weighted by molar-refractivity contribution is -0.157. The van der Waals surface area contributed by atoms with Gasteiger partial charge < -0.3 is 9.47 Å². The number of ether oxygens (including phenoxy) is 2. The molecule has 0 saturated carbocycles. The van der Waals surface area contributed by atoms with Crippen LogP contribution in [0.4, 0.5) is 0 Å². The first kappa shape index (κ1) is 16.8. The number of halogens is 1. The summed E-state index contributed by atoms with van der Waals surface area (Å²) < 4.78 is 10.6. The Bertz CT molecular complexity index is 481. The number of hydrogen-bond donors (Lipinski definition) is 0. The number of hydrogen-bond acceptors (Lipinski definition) is 3. The van der Waals surface area contributed by atoms with E-state index in [1.165, 1.54) is 0 Å². The fourth-order valence-corrected chi connectivity index (χ4v) is 2.16. The molecule has 0 unspecified atom stereocenters. The highest BCUT2D eigenvalue weighted by Crippen LogP contribution is 2.32. The van der Waals surface area contributed by atoms with Crippen LogP contribution in [0.3, 0.4) is 0 Å². The molecule has 1 rings (SSSR count). The number of esters is 1. The third kappa shape index (κ3) is 5.41. The standard InChI is InChI=1S/C16H23ClO3/c1-15(2,3)12-8-7-11(9-13(12)17)19-10-14(18)20-16(4,5)6/h7-9H,10H2,1-6H3. The zero-order chi connectivity index (χ0) is 15.6. The molecule has 112 valence electrons. The average molecular weight is 299 g/mol. The van der Waals surface area contributed by atoms with Crippen LogP contribution < -0.4 is 4.74 Å². The van der Waals surface area contributed by atoms with Crippen molar-refractivity contribution >= 4 is 17.6 Å². The summed E-state index contributed by atoms with van der Waals surface area (Å²) in [7, 11) is 0. The molecule has 0 amide bonds. The Morgan fingerprint density at radius 2 is 1.75 bits per heavy atom. The second-order valence-electron chi connectivity index (χ2n) is 6.77. The fraction of sp³-hybridized carbons (Fsp3) is 0.562. The molecule has 0 fully saturated rings. The maximum atomic E-state index is 11.6. The van der Waals surface area contributed by atoms with Crippen LogP contribution in [0.5, 0.6) is 5.75 Å². The molecular weight excluding hydrogens is 276 g/mol. The highest BCUT2D eigenvalue weighted by molar-refractivity contribution is 6.31. The lowest BCUT2D eigenvalue weighted by atomic mass is 9.87. The molecule has 20 heavy (non-hydrogen) atoms. The van der Waals surface area contributed by atoms with Crippen molar-refractivity contribution < 1.29 is 14.3 Å². The molecule has 0 bridgehead atoms. The molecular formula is C16H23ClO3. The predicted octanol–water partition coefficient (Wildman–Crippen LogP) is 4.36. The Morgan fingerprint density at radius 1 is 1.15 bits per heavy atom. The number of rotatable bonds is 3. The van der Waals surface area contributed by atoms with E-state index >= 15 is 0 Å². The Balaban J connectivity index is 2.67. The molecule has 0 heterocycles. The zero-order valence-electron chi connectivity index (χ0n) is 13.0. The van der Waals surface area contributed by atoms with Gasteiger partial charge in [-0.15, -0.1) is 0 Å². The second-order valence-corrected chi connectivity index (χ2v) is 7.17. The smallest absolute Gasteiger partial charge is 0.344 e. The van der Waals surface area contributed by atoms with Crippen molar-refractivity contribution in [3.8, 4) is 5.75 Å². The third-order valence-corrected chi connectivity index (χ3v) is 2.84. The lowest BCUT2D eigenvalue weighted by Crippen LogP contribution is -2.27. The van der Waals surface area contributed by atoms with E-state index in [2.05, 4.69) is 20.8 Å². The van der Waals surface area contributed by atoms with Gasteiger partial charge in [0.1, 0.15) is 11.4 Å². The first-order valence-electron chi connectivity index (χ1n) is 6.64. The summed E-state index contributed by atoms with van der Waals surface area (Å²) in [6.45, 7) is 11.6. The maximum absolute atomic E-state index is 11.6. The Kier molecular flexibility index (Phi) is 5.09. The van der Waals surface area contributed by atoms with Crippen LogP contribution >= 0.6 is 11.6 Å². The zero-order valence-corrected chi connectivity index (χ0v) is 13.8. The van der Waals surface area contributed by atoms with Crippen molar-refractivity contribution in [2.75, 3.05) is 6.61 Å². The van der Waals surface area contributed by atoms with Crippen molar-refractivity contribution in [2.24, 2.45) is 0 Å². The van der Waals surface area contributed by atoms with Crippen LogP contribution in [0.15, 0.2) is 18.2 Å². The summed E-state index contributed by atoms with van der Waals surface area (Å²) >= 11 is 6.24. The molecule has 0 N–H and O–H groups in total. The van der Waals surface area contributed by atoms with Gasteiger partial charge in [0.2, 0.25) is 0 Å². The van der Waals surface area contributed by atoms with E-state index in [9.17, 15) is 4.79 Å². The van der Waals surface area contributed by atoms with Crippen molar-refractivity contribution in [2.45, 2.75) is 52.6 Å². The summed E-state index contributed by atoms with van der Waals surface area (Å²) in [6.07, 6.45) is 0. The normalized spacial score (nSPS) is 12.2. The maximum Gasteiger partial charge on any atom is 0.344 e. The highest BCUT2D eigenvalue weighted by Gasteiger charge is 2.19. The SMILES string of the molecule is CC(C)(C)OC(=O)COc1ccc(C(C)(C)C)c(Cl)c1. The summed E-state index contributed by atoms with van der Waals surface area (Å²) in [5, 5.41) is 0.638. The van der Waals surface area contributed by atoms with Crippen molar-refractivity contribution in [1.82, 2.24) is 0 Å². The van der Waals surface area contributed by atoms with Gasteiger partial charge in [0.15, 0.2) is 6.61 Å². The molecule has 0 aliphatic rings. The molecule has 0 radical (unpaired) electrons. The summed E-state index contributed by atoms with van der Waals surface area (Å²) in [6, 6.07) is 5.47. The van der Waals surface area contributed by atoms with Gasteiger partial charge in [0, 0.05) is 5.02 Å². The van der Waals surface area contributed by atoms with Gasteiger partial charge in [-0.25, -0.2) is 4.79 Å². The van der Waals surface area contributed by atoms with Gasteiger partial charge in [-0.2, -0.15) is 0 Å². The minimum Gasteiger partial charge on any atom is -0.482 e. The summed E-state index contributed by atoms with van der Waals surface area (Å²) in [4.78, 5) is 11.6. The molecule has 0 aliphatic heterocycles. The topological polar surface area (TPSA) is 35.5 Å². The summed E-state index contributed by atoms with van der Waals surface area (Å²) in [5.41, 5.74) is 0.512. The quantitative estimate of drug-likeness (QED) is 0.778. The first-order valence-corrected chi connectivity index (χ1v) is 7.01. The number of carbonyl (C=O) groups is 1. The van der Waals surface area contributed by atoms with Crippen LogP contribution in [-0.2, 0) is 14.9 Å². The number of carbonyl (C=O) groups excluding carboxylic acids is 1. The van der Waals surface area contributed by atoms with Gasteiger partial charge >= 0.3 is 5.97 Å². The molecule has 0 aromatic heterocycles. The first-order chi connectivity index (χ1) is 8.99. The monoisotopic (exact) mass is 298 g/mol. The van der Waals surface area contributed by atoms with E-state index < -0.39 is 11.6 Å².